The van der Waals surface area contributed by atoms with Gasteiger partial charge in [0.05, 0.1) is 12.6 Å². The van der Waals surface area contributed by atoms with Crippen molar-refractivity contribution in [2.75, 3.05) is 6.61 Å². The lowest BCUT2D eigenvalue weighted by Crippen LogP contribution is -2.46. The molecule has 25 heavy (non-hydrogen) atoms. The summed E-state index contributed by atoms with van der Waals surface area (Å²) >= 11 is 0. The summed E-state index contributed by atoms with van der Waals surface area (Å²) in [6.07, 6.45) is 3.95. The summed E-state index contributed by atoms with van der Waals surface area (Å²) in [5, 5.41) is 15.2. The number of halogens is 2. The quantitative estimate of drug-likeness (QED) is 0.863. The molecular formula is C17H21F2N3O3. The van der Waals surface area contributed by atoms with Crippen LogP contribution in [0.5, 0.6) is 0 Å². The molecule has 0 aliphatic carbocycles. The summed E-state index contributed by atoms with van der Waals surface area (Å²) in [6, 6.07) is 2.97. The van der Waals surface area contributed by atoms with Gasteiger partial charge in [0, 0.05) is 12.2 Å². The molecule has 1 aliphatic rings. The normalized spacial score (nSPS) is 21.7. The molecule has 1 aromatic heterocycles. The fourth-order valence-electron chi connectivity index (χ4n) is 2.98. The standard InChI is InChI=1S/C17H21F2N3O3/c1-12(25-16-4-2-3-7-24-16)17(23,9-22-11-20-10-21-22)14-8-13(18)5-6-15(14)19/h5-6,8,10-12,16,23H,2-4,7,9H2,1H3/t12-,16?,17?/m1/s1. The third-order valence-electron chi connectivity index (χ3n) is 4.43. The highest BCUT2D eigenvalue weighted by Gasteiger charge is 2.41. The number of hydrogen-bond donors (Lipinski definition) is 1. The van der Waals surface area contributed by atoms with Gasteiger partial charge < -0.3 is 14.6 Å². The molecule has 0 amide bonds. The number of aliphatic hydroxyl groups is 1. The minimum absolute atomic E-state index is 0.138. The molecule has 1 saturated heterocycles. The molecule has 1 aromatic carbocycles. The Balaban J connectivity index is 1.91. The summed E-state index contributed by atoms with van der Waals surface area (Å²) in [6.45, 7) is 2.05. The predicted octanol–water partition coefficient (Wildman–Crippen LogP) is 2.38. The predicted molar refractivity (Wildman–Crippen MR) is 84.4 cm³/mol. The van der Waals surface area contributed by atoms with E-state index in [1.165, 1.54) is 17.3 Å². The van der Waals surface area contributed by atoms with E-state index in [9.17, 15) is 13.9 Å². The fraction of sp³-hybridized carbons (Fsp3) is 0.529. The van der Waals surface area contributed by atoms with Crippen LogP contribution in [0.1, 0.15) is 31.7 Å². The van der Waals surface area contributed by atoms with E-state index in [0.717, 1.165) is 31.0 Å². The lowest BCUT2D eigenvalue weighted by molar-refractivity contribution is -0.229. The van der Waals surface area contributed by atoms with E-state index in [1.54, 1.807) is 6.92 Å². The Morgan fingerprint density at radius 2 is 2.28 bits per heavy atom. The second-order valence-corrected chi connectivity index (χ2v) is 6.22. The molecule has 136 valence electrons. The van der Waals surface area contributed by atoms with E-state index < -0.39 is 29.6 Å². The molecule has 1 aliphatic heterocycles. The van der Waals surface area contributed by atoms with Crippen LogP contribution in [0.4, 0.5) is 8.78 Å². The Hall–Kier alpha value is -1.90. The van der Waals surface area contributed by atoms with Crippen molar-refractivity contribution >= 4 is 0 Å². The molecule has 0 saturated carbocycles. The number of ether oxygens (including phenoxy) is 2. The van der Waals surface area contributed by atoms with E-state index in [1.807, 2.05) is 0 Å². The minimum atomic E-state index is -1.85. The van der Waals surface area contributed by atoms with Crippen molar-refractivity contribution in [2.24, 2.45) is 0 Å². The Labute approximate surface area is 144 Å². The summed E-state index contributed by atoms with van der Waals surface area (Å²) in [4.78, 5) is 3.82. The second kappa shape index (κ2) is 7.55. The van der Waals surface area contributed by atoms with E-state index in [0.29, 0.717) is 13.0 Å². The molecule has 0 radical (unpaired) electrons. The average Bonchev–Trinajstić information content (AvgIpc) is 3.10. The van der Waals surface area contributed by atoms with Gasteiger partial charge in [0.1, 0.15) is 29.9 Å². The van der Waals surface area contributed by atoms with Crippen LogP contribution in [0.3, 0.4) is 0 Å². The van der Waals surface area contributed by atoms with Crippen LogP contribution in [-0.2, 0) is 21.6 Å². The fourth-order valence-corrected chi connectivity index (χ4v) is 2.98. The number of hydrogen-bond acceptors (Lipinski definition) is 5. The third kappa shape index (κ3) is 4.02. The van der Waals surface area contributed by atoms with Gasteiger partial charge in [0.15, 0.2) is 6.29 Å². The Morgan fingerprint density at radius 3 is 2.96 bits per heavy atom. The lowest BCUT2D eigenvalue weighted by Gasteiger charge is -2.37. The highest BCUT2D eigenvalue weighted by atomic mass is 19.1. The summed E-state index contributed by atoms with van der Waals surface area (Å²) in [5.41, 5.74) is -2.04. The van der Waals surface area contributed by atoms with Gasteiger partial charge >= 0.3 is 0 Å². The number of benzene rings is 1. The van der Waals surface area contributed by atoms with Crippen molar-refractivity contribution in [3.63, 3.8) is 0 Å². The van der Waals surface area contributed by atoms with E-state index in [-0.39, 0.29) is 12.1 Å². The highest BCUT2D eigenvalue weighted by Crippen LogP contribution is 2.33. The van der Waals surface area contributed by atoms with Crippen LogP contribution >= 0.6 is 0 Å². The van der Waals surface area contributed by atoms with Crippen molar-refractivity contribution in [3.05, 3.63) is 48.1 Å². The molecule has 2 aromatic rings. The van der Waals surface area contributed by atoms with Gasteiger partial charge in [0.25, 0.3) is 0 Å². The minimum Gasteiger partial charge on any atom is -0.380 e. The van der Waals surface area contributed by atoms with E-state index >= 15 is 0 Å². The molecular weight excluding hydrogens is 332 g/mol. The molecule has 8 heteroatoms. The molecule has 6 nitrogen and oxygen atoms in total. The molecule has 3 rings (SSSR count). The maximum absolute atomic E-state index is 14.4. The van der Waals surface area contributed by atoms with Crippen LogP contribution < -0.4 is 0 Å². The average molecular weight is 353 g/mol. The zero-order valence-corrected chi connectivity index (χ0v) is 13.9. The zero-order valence-electron chi connectivity index (χ0n) is 13.9. The van der Waals surface area contributed by atoms with Gasteiger partial charge in [-0.15, -0.1) is 0 Å². The van der Waals surface area contributed by atoms with Crippen molar-refractivity contribution in [3.8, 4) is 0 Å². The highest BCUT2D eigenvalue weighted by molar-refractivity contribution is 5.26. The SMILES string of the molecule is C[C@@H](OC1CCCCO1)C(O)(Cn1cncn1)c1cc(F)ccc1F. The van der Waals surface area contributed by atoms with Crippen LogP contribution in [0, 0.1) is 11.6 Å². The summed E-state index contributed by atoms with van der Waals surface area (Å²) in [5.74, 6) is -1.36. The van der Waals surface area contributed by atoms with Gasteiger partial charge in [-0.05, 0) is 44.4 Å². The summed E-state index contributed by atoms with van der Waals surface area (Å²) in [7, 11) is 0. The monoisotopic (exact) mass is 353 g/mol. The van der Waals surface area contributed by atoms with Crippen LogP contribution in [0.2, 0.25) is 0 Å². The van der Waals surface area contributed by atoms with Crippen LogP contribution in [0.25, 0.3) is 0 Å². The first-order chi connectivity index (χ1) is 12.0. The Bertz CT molecular complexity index is 692. The third-order valence-corrected chi connectivity index (χ3v) is 4.43. The van der Waals surface area contributed by atoms with E-state index in [2.05, 4.69) is 10.1 Å². The van der Waals surface area contributed by atoms with Gasteiger partial charge in [-0.25, -0.2) is 18.4 Å². The number of nitrogens with zero attached hydrogens (tertiary/aromatic N) is 3. The molecule has 2 unspecified atom stereocenters. The van der Waals surface area contributed by atoms with E-state index in [4.69, 9.17) is 9.47 Å². The summed E-state index contributed by atoms with van der Waals surface area (Å²) < 4.78 is 40.8. The maximum Gasteiger partial charge on any atom is 0.158 e. The van der Waals surface area contributed by atoms with Gasteiger partial charge in [-0.3, -0.25) is 0 Å². The van der Waals surface area contributed by atoms with Gasteiger partial charge in [-0.2, -0.15) is 5.10 Å². The Kier molecular flexibility index (Phi) is 5.41. The van der Waals surface area contributed by atoms with Crippen LogP contribution in [0.15, 0.2) is 30.9 Å². The molecule has 1 N–H and O–H groups in total. The Morgan fingerprint density at radius 1 is 1.44 bits per heavy atom. The number of rotatable bonds is 6. The van der Waals surface area contributed by atoms with Crippen LogP contribution in [-0.4, -0.2) is 38.9 Å². The zero-order chi connectivity index (χ0) is 17.9. The molecule has 2 heterocycles. The smallest absolute Gasteiger partial charge is 0.158 e. The molecule has 1 fully saturated rings. The van der Waals surface area contributed by atoms with Crippen molar-refractivity contribution in [2.45, 2.75) is 50.7 Å². The topological polar surface area (TPSA) is 69.4 Å². The van der Waals surface area contributed by atoms with Crippen molar-refractivity contribution in [1.82, 2.24) is 14.8 Å². The first kappa shape index (κ1) is 17.9. The largest absolute Gasteiger partial charge is 0.380 e. The lowest BCUT2D eigenvalue weighted by atomic mass is 9.88. The maximum atomic E-state index is 14.4. The molecule has 0 spiro atoms. The molecule has 3 atom stereocenters. The first-order valence-corrected chi connectivity index (χ1v) is 8.26. The first-order valence-electron chi connectivity index (χ1n) is 8.26. The second-order valence-electron chi connectivity index (χ2n) is 6.22. The number of aromatic nitrogens is 3. The van der Waals surface area contributed by atoms with Gasteiger partial charge in [0.2, 0.25) is 0 Å². The van der Waals surface area contributed by atoms with Crippen molar-refractivity contribution < 1.29 is 23.4 Å². The van der Waals surface area contributed by atoms with Crippen molar-refractivity contribution in [1.29, 1.82) is 0 Å². The molecule has 0 bridgehead atoms. The van der Waals surface area contributed by atoms with Gasteiger partial charge in [-0.1, -0.05) is 0 Å².